The van der Waals surface area contributed by atoms with Crippen molar-refractivity contribution in [2.24, 2.45) is 5.92 Å². The summed E-state index contributed by atoms with van der Waals surface area (Å²) < 4.78 is 38.3. The Labute approximate surface area is 191 Å². The van der Waals surface area contributed by atoms with Crippen molar-refractivity contribution in [1.82, 2.24) is 4.31 Å². The number of methoxy groups -OCH3 is 1. The molecule has 9 heteroatoms. The molecular weight excluding hydrogens is 454 g/mol. The zero-order chi connectivity index (χ0) is 21.8. The highest BCUT2D eigenvalue weighted by atomic mass is 32.2. The summed E-state index contributed by atoms with van der Waals surface area (Å²) in [6.45, 7) is 0.590. The highest BCUT2D eigenvalue weighted by Gasteiger charge is 2.33. The maximum Gasteiger partial charge on any atom is 0.314 e. The van der Waals surface area contributed by atoms with Crippen molar-refractivity contribution in [1.29, 1.82) is 0 Å². The van der Waals surface area contributed by atoms with E-state index >= 15 is 0 Å². The highest BCUT2D eigenvalue weighted by molar-refractivity contribution is 8.19. The number of rotatable bonds is 6. The maximum atomic E-state index is 12.9. The van der Waals surface area contributed by atoms with E-state index in [1.54, 1.807) is 24.3 Å². The van der Waals surface area contributed by atoms with Gasteiger partial charge in [-0.3, -0.25) is 4.79 Å². The quantitative estimate of drug-likeness (QED) is 0.455. The summed E-state index contributed by atoms with van der Waals surface area (Å²) >= 11 is 3.87. The second-order valence-electron chi connectivity index (χ2n) is 7.42. The lowest BCUT2D eigenvalue weighted by atomic mass is 9.98. The number of ether oxygens (including phenoxy) is 2. The fourth-order valence-electron chi connectivity index (χ4n) is 3.67. The van der Waals surface area contributed by atoms with E-state index in [0.29, 0.717) is 42.0 Å². The molecule has 0 spiro atoms. The molecule has 2 aliphatic rings. The van der Waals surface area contributed by atoms with Crippen molar-refractivity contribution in [3.8, 4) is 11.5 Å². The van der Waals surface area contributed by atoms with Crippen molar-refractivity contribution in [3.05, 3.63) is 54.1 Å². The molecule has 0 unspecified atom stereocenters. The summed E-state index contributed by atoms with van der Waals surface area (Å²) in [5, 5.41) is 0. The molecule has 2 aromatic carbocycles. The van der Waals surface area contributed by atoms with Crippen LogP contribution in [-0.2, 0) is 14.8 Å². The fraction of sp³-hybridized carbons (Fsp3) is 0.409. The van der Waals surface area contributed by atoms with Crippen molar-refractivity contribution in [2.75, 3.05) is 31.7 Å². The molecule has 0 saturated carbocycles. The highest BCUT2D eigenvalue weighted by Crippen LogP contribution is 2.45. The Morgan fingerprint density at radius 3 is 2.10 bits per heavy atom. The molecule has 31 heavy (non-hydrogen) atoms. The lowest BCUT2D eigenvalue weighted by molar-refractivity contribution is -0.140. The van der Waals surface area contributed by atoms with Gasteiger partial charge < -0.3 is 9.47 Å². The fourth-order valence-corrected chi connectivity index (χ4v) is 8.00. The summed E-state index contributed by atoms with van der Waals surface area (Å²) in [4.78, 5) is 12.8. The number of esters is 1. The van der Waals surface area contributed by atoms with E-state index in [1.807, 2.05) is 47.8 Å². The Balaban J connectivity index is 1.32. The van der Waals surface area contributed by atoms with Crippen LogP contribution in [0, 0.1) is 5.92 Å². The first-order chi connectivity index (χ1) is 15.0. The number of hydrogen-bond acceptors (Lipinski definition) is 7. The van der Waals surface area contributed by atoms with E-state index in [-0.39, 0.29) is 16.8 Å². The van der Waals surface area contributed by atoms with Crippen LogP contribution in [0.4, 0.5) is 0 Å². The first-order valence-electron chi connectivity index (χ1n) is 10.2. The predicted molar refractivity (Wildman–Crippen MR) is 124 cm³/mol. The monoisotopic (exact) mass is 479 g/mol. The third-order valence-electron chi connectivity index (χ3n) is 5.48. The van der Waals surface area contributed by atoms with Crippen LogP contribution in [0.1, 0.15) is 23.0 Å². The van der Waals surface area contributed by atoms with Crippen LogP contribution >= 0.6 is 23.5 Å². The number of piperidine rings is 1. The van der Waals surface area contributed by atoms with E-state index in [2.05, 4.69) is 0 Å². The Morgan fingerprint density at radius 1 is 0.935 bits per heavy atom. The van der Waals surface area contributed by atoms with Gasteiger partial charge in [0.25, 0.3) is 0 Å². The molecule has 0 radical (unpaired) electrons. The van der Waals surface area contributed by atoms with Crippen LogP contribution in [0.3, 0.4) is 0 Å². The van der Waals surface area contributed by atoms with Crippen molar-refractivity contribution < 1.29 is 22.7 Å². The Kier molecular flexibility index (Phi) is 7.15. The van der Waals surface area contributed by atoms with E-state index in [0.717, 1.165) is 0 Å². The Morgan fingerprint density at radius 2 is 1.52 bits per heavy atom. The molecule has 0 aromatic heterocycles. The number of carbonyl (C=O) groups is 1. The van der Waals surface area contributed by atoms with Crippen molar-refractivity contribution in [3.63, 3.8) is 0 Å². The van der Waals surface area contributed by atoms with Gasteiger partial charge in [-0.2, -0.15) is 4.31 Å². The van der Waals surface area contributed by atoms with Crippen LogP contribution in [0.15, 0.2) is 53.4 Å². The first-order valence-corrected chi connectivity index (χ1v) is 13.7. The molecule has 0 aliphatic carbocycles. The third-order valence-corrected chi connectivity index (χ3v) is 10.5. The van der Waals surface area contributed by atoms with E-state index in [1.165, 1.54) is 28.5 Å². The molecule has 6 nitrogen and oxygen atoms in total. The summed E-state index contributed by atoms with van der Waals surface area (Å²) in [7, 11) is -2.05. The zero-order valence-corrected chi connectivity index (χ0v) is 19.7. The van der Waals surface area contributed by atoms with Crippen LogP contribution in [0.2, 0.25) is 0 Å². The van der Waals surface area contributed by atoms with E-state index in [9.17, 15) is 13.2 Å². The molecule has 166 valence electrons. The standard InChI is InChI=1S/C22H25NO5S3/c1-27-18-6-8-20(9-7-18)31(25,26)23-12-10-16(11-13-23)21(24)28-19-4-2-17(3-5-19)22-29-14-15-30-22/h2-9,16,22H,10-15H2,1H3. The second-order valence-corrected chi connectivity index (χ2v) is 12.1. The van der Waals surface area contributed by atoms with E-state index in [4.69, 9.17) is 9.47 Å². The van der Waals surface area contributed by atoms with E-state index < -0.39 is 10.0 Å². The normalized spacial score (nSPS) is 18.7. The average molecular weight is 480 g/mol. The second kappa shape index (κ2) is 9.85. The molecular formula is C22H25NO5S3. The molecule has 0 bridgehead atoms. The molecule has 0 atom stereocenters. The van der Waals surface area contributed by atoms with Crippen LogP contribution in [0.25, 0.3) is 0 Å². The van der Waals surface area contributed by atoms with Gasteiger partial charge in [-0.1, -0.05) is 12.1 Å². The largest absolute Gasteiger partial charge is 0.497 e. The topological polar surface area (TPSA) is 72.9 Å². The number of sulfonamides is 1. The van der Waals surface area contributed by atoms with Gasteiger partial charge in [0, 0.05) is 24.6 Å². The number of benzene rings is 2. The summed E-state index contributed by atoms with van der Waals surface area (Å²) in [5.74, 6) is 2.88. The molecule has 2 fully saturated rings. The van der Waals surface area contributed by atoms with Crippen molar-refractivity contribution in [2.45, 2.75) is 22.3 Å². The SMILES string of the molecule is COc1ccc(S(=O)(=O)N2CCC(C(=O)Oc3ccc(C4SCCS4)cc3)CC2)cc1. The van der Waals surface area contributed by atoms with Crippen LogP contribution < -0.4 is 9.47 Å². The molecule has 2 heterocycles. The molecule has 0 amide bonds. The van der Waals surface area contributed by atoms with Gasteiger partial charge in [-0.05, 0) is 54.8 Å². The minimum atomic E-state index is -3.59. The minimum Gasteiger partial charge on any atom is -0.497 e. The van der Waals surface area contributed by atoms with Gasteiger partial charge in [-0.15, -0.1) is 23.5 Å². The third kappa shape index (κ3) is 5.22. The maximum absolute atomic E-state index is 12.9. The summed E-state index contributed by atoms with van der Waals surface area (Å²) in [6.07, 6.45) is 0.892. The Bertz CT molecular complexity index is 994. The van der Waals surface area contributed by atoms with Crippen LogP contribution in [0.5, 0.6) is 11.5 Å². The number of hydrogen-bond donors (Lipinski definition) is 0. The molecule has 2 aromatic rings. The molecule has 0 N–H and O–H groups in total. The smallest absolute Gasteiger partial charge is 0.314 e. The van der Waals surface area contributed by atoms with Gasteiger partial charge in [0.2, 0.25) is 10.0 Å². The number of carbonyl (C=O) groups excluding carboxylic acids is 1. The van der Waals surface area contributed by atoms with Gasteiger partial charge in [0.05, 0.1) is 22.5 Å². The summed E-state index contributed by atoms with van der Waals surface area (Å²) in [5.41, 5.74) is 1.24. The summed E-state index contributed by atoms with van der Waals surface area (Å²) in [6, 6.07) is 14.1. The zero-order valence-electron chi connectivity index (χ0n) is 17.2. The number of thioether (sulfide) groups is 2. The van der Waals surface area contributed by atoms with Gasteiger partial charge in [0.15, 0.2) is 0 Å². The van der Waals surface area contributed by atoms with Crippen LogP contribution in [-0.4, -0.2) is 50.4 Å². The van der Waals surface area contributed by atoms with Gasteiger partial charge >= 0.3 is 5.97 Å². The lowest BCUT2D eigenvalue weighted by Crippen LogP contribution is -2.41. The van der Waals surface area contributed by atoms with Crippen molar-refractivity contribution >= 4 is 39.5 Å². The Hall–Kier alpha value is -1.68. The minimum absolute atomic E-state index is 0.230. The predicted octanol–water partition coefficient (Wildman–Crippen LogP) is 4.18. The molecule has 2 aliphatic heterocycles. The van der Waals surface area contributed by atoms with Gasteiger partial charge in [-0.25, -0.2) is 8.42 Å². The average Bonchev–Trinajstić information content (AvgIpc) is 3.35. The van der Waals surface area contributed by atoms with Gasteiger partial charge in [0.1, 0.15) is 11.5 Å². The molecule has 2 saturated heterocycles. The lowest BCUT2D eigenvalue weighted by Gasteiger charge is -2.30. The first kappa shape index (κ1) is 22.5. The molecule has 4 rings (SSSR count). The number of nitrogens with zero attached hydrogens (tertiary/aromatic N) is 1.